The number of amides is 1. The Labute approximate surface area is 205 Å². The predicted octanol–water partition coefficient (Wildman–Crippen LogP) is 5.61. The zero-order chi connectivity index (χ0) is 25.4. The van der Waals surface area contributed by atoms with Crippen molar-refractivity contribution in [3.05, 3.63) is 96.8 Å². The molecular weight excluding hydrogens is 460 g/mol. The van der Waals surface area contributed by atoms with E-state index in [1.165, 1.54) is 7.40 Å². The van der Waals surface area contributed by atoms with Gasteiger partial charge in [0.2, 0.25) is 0 Å². The Kier molecular flexibility index (Phi) is 5.24. The van der Waals surface area contributed by atoms with Gasteiger partial charge in [0.15, 0.2) is 6.10 Å². The van der Waals surface area contributed by atoms with E-state index in [4.69, 9.17) is 5.55 Å². The molecule has 6 nitrogen and oxygen atoms in total. The summed E-state index contributed by atoms with van der Waals surface area (Å²) in [5.41, 5.74) is 1.27. The highest BCUT2D eigenvalue weighted by molar-refractivity contribution is 7.86. The third-order valence-corrected chi connectivity index (χ3v) is 6.88. The number of fused-ring (bicyclic) bond motifs is 5. The normalized spacial score (nSPS) is 18.2. The van der Waals surface area contributed by atoms with Crippen LogP contribution in [0.3, 0.4) is 0 Å². The van der Waals surface area contributed by atoms with Crippen LogP contribution >= 0.6 is 0 Å². The molecule has 0 N–H and O–H groups in total. The van der Waals surface area contributed by atoms with Crippen LogP contribution < -0.4 is 4.90 Å². The number of anilines is 1. The molecule has 1 saturated heterocycles. The zero-order valence-corrected chi connectivity index (χ0v) is 20.1. The third-order valence-electron chi connectivity index (χ3n) is 6.32. The van der Waals surface area contributed by atoms with Gasteiger partial charge in [0, 0.05) is 13.0 Å². The molecule has 0 bridgehead atoms. The van der Waals surface area contributed by atoms with Gasteiger partial charge >= 0.3 is 0 Å². The average molecular weight is 487 g/mol. The van der Waals surface area contributed by atoms with Crippen molar-refractivity contribution in [2.24, 2.45) is 0 Å². The quantitative estimate of drug-likeness (QED) is 0.187. The fourth-order valence-electron chi connectivity index (χ4n) is 4.89. The minimum absolute atomic E-state index is 0.411. The van der Waals surface area contributed by atoms with Crippen molar-refractivity contribution in [3.63, 3.8) is 0 Å². The van der Waals surface area contributed by atoms with Crippen LogP contribution in [0.4, 0.5) is 5.69 Å². The molecule has 1 aliphatic rings. The van der Waals surface area contributed by atoms with E-state index in [0.29, 0.717) is 11.4 Å². The van der Waals surface area contributed by atoms with E-state index >= 15 is 0 Å². The number of rotatable bonds is 4. The van der Waals surface area contributed by atoms with Gasteiger partial charge in [-0.3, -0.25) is 18.9 Å². The smallest absolute Gasteiger partial charge is 0.265 e. The number of hydrogen-bond donors (Lipinski definition) is 0. The highest BCUT2D eigenvalue weighted by Crippen LogP contribution is 2.46. The molecule has 2 heterocycles. The first-order valence-electron chi connectivity index (χ1n) is 11.9. The van der Waals surface area contributed by atoms with E-state index in [1.807, 2.05) is 48.5 Å². The second-order valence-corrected chi connectivity index (χ2v) is 10.1. The zero-order valence-electron chi connectivity index (χ0n) is 20.3. The van der Waals surface area contributed by atoms with Crippen LogP contribution in [-0.4, -0.2) is 31.7 Å². The topological polar surface area (TPSA) is 76.6 Å². The van der Waals surface area contributed by atoms with E-state index in [1.54, 1.807) is 23.2 Å². The van der Waals surface area contributed by atoms with Crippen LogP contribution in [0.15, 0.2) is 91.1 Å². The van der Waals surface area contributed by atoms with Gasteiger partial charge in [0.05, 0.1) is 17.6 Å². The van der Waals surface area contributed by atoms with Crippen LogP contribution in [0.25, 0.3) is 32.3 Å². The number of carbonyl (C=O) groups excluding carboxylic acids is 1. The van der Waals surface area contributed by atoms with Gasteiger partial charge in [0.1, 0.15) is 6.04 Å². The largest absolute Gasteiger partial charge is 0.297 e. The van der Waals surface area contributed by atoms with Gasteiger partial charge in [-0.05, 0) is 45.1 Å². The van der Waals surface area contributed by atoms with Crippen molar-refractivity contribution in [2.75, 3.05) is 11.2 Å². The summed E-state index contributed by atoms with van der Waals surface area (Å²) in [7, 11) is -2.59. The molecule has 0 aliphatic carbocycles. The van der Waals surface area contributed by atoms with Gasteiger partial charge in [-0.25, -0.2) is 0 Å². The maximum Gasteiger partial charge on any atom is 0.265 e. The predicted molar refractivity (Wildman–Crippen MR) is 140 cm³/mol. The summed E-state index contributed by atoms with van der Waals surface area (Å²) < 4.78 is 34.8. The van der Waals surface area contributed by atoms with Gasteiger partial charge in [0.25, 0.3) is 16.0 Å². The van der Waals surface area contributed by atoms with Gasteiger partial charge in [-0.1, -0.05) is 74.1 Å². The van der Waals surface area contributed by atoms with Crippen molar-refractivity contribution in [1.29, 1.82) is 0 Å². The molecule has 7 heteroatoms. The average Bonchev–Trinajstić information content (AvgIpc) is 2.91. The van der Waals surface area contributed by atoms with Crippen LogP contribution in [0.1, 0.15) is 20.5 Å². The lowest BCUT2D eigenvalue weighted by molar-refractivity contribution is -0.134. The Bertz CT molecular complexity index is 1710. The van der Waals surface area contributed by atoms with E-state index in [9.17, 15) is 13.2 Å². The molecule has 1 amide bonds. The highest BCUT2D eigenvalue weighted by atomic mass is 32.2. The molecule has 0 radical (unpaired) electrons. The van der Waals surface area contributed by atoms with E-state index in [2.05, 4.69) is 29.2 Å². The van der Waals surface area contributed by atoms with Gasteiger partial charge < -0.3 is 0 Å². The van der Waals surface area contributed by atoms with Gasteiger partial charge in [-0.15, -0.1) is 0 Å². The molecule has 35 heavy (non-hydrogen) atoms. The molecular formula is C28H24N2O4S. The van der Waals surface area contributed by atoms with E-state index in [0.717, 1.165) is 38.6 Å². The van der Waals surface area contributed by atoms with Crippen molar-refractivity contribution >= 4 is 54.0 Å². The molecule has 0 saturated carbocycles. The molecule has 6 rings (SSSR count). The summed E-state index contributed by atoms with van der Waals surface area (Å²) in [5.74, 6) is -0.411. The molecule has 4 aromatic carbocycles. The number of nitrogens with zero attached hydrogens (tertiary/aromatic N) is 2. The SMILES string of the molecule is CS(=O)(=O)O[C@H]1C(=O)N(c2cc3c4ccccc4ccc3c3ccccc23)C1c1ccccn1.[3H]C. The Morgan fingerprint density at radius 3 is 2.23 bits per heavy atom. The van der Waals surface area contributed by atoms with Crippen LogP contribution in [-0.2, 0) is 19.1 Å². The Hall–Kier alpha value is -3.81. The fraction of sp³-hybridized carbons (Fsp3) is 0.143. The van der Waals surface area contributed by atoms with E-state index in [-0.39, 0.29) is 0 Å². The Balaban J connectivity index is 0.00000130. The summed E-state index contributed by atoms with van der Waals surface area (Å²) in [6.07, 6.45) is 1.42. The lowest BCUT2D eigenvalue weighted by Gasteiger charge is -2.45. The lowest BCUT2D eigenvalue weighted by atomic mass is 9.90. The maximum absolute atomic E-state index is 13.4. The monoisotopic (exact) mass is 486 g/mol. The number of hydrogen-bond acceptors (Lipinski definition) is 5. The Morgan fingerprint density at radius 1 is 0.857 bits per heavy atom. The fourth-order valence-corrected chi connectivity index (χ4v) is 5.46. The molecule has 5 aromatic rings. The first-order valence-corrected chi connectivity index (χ1v) is 12.7. The second-order valence-electron chi connectivity index (χ2n) is 8.45. The number of aromatic nitrogens is 1. The van der Waals surface area contributed by atoms with Crippen LogP contribution in [0.2, 0.25) is 0 Å². The van der Waals surface area contributed by atoms with Crippen molar-refractivity contribution in [2.45, 2.75) is 19.5 Å². The van der Waals surface area contributed by atoms with Crippen LogP contribution in [0, 0.1) is 0 Å². The number of carbonyl (C=O) groups is 1. The third kappa shape index (κ3) is 3.73. The summed E-state index contributed by atoms with van der Waals surface area (Å²) >= 11 is 0. The molecule has 1 unspecified atom stereocenters. The number of benzene rings is 4. The molecule has 1 fully saturated rings. The minimum atomic E-state index is -3.84. The molecule has 1 aliphatic heterocycles. The number of β-lactam (4-membered cyclic amide) rings is 1. The number of pyridine rings is 1. The van der Waals surface area contributed by atoms with E-state index < -0.39 is 28.2 Å². The molecule has 2 atom stereocenters. The minimum Gasteiger partial charge on any atom is -0.297 e. The Morgan fingerprint density at radius 2 is 1.51 bits per heavy atom. The summed E-state index contributed by atoms with van der Waals surface area (Å²) in [5, 5.41) is 6.21. The summed E-state index contributed by atoms with van der Waals surface area (Å²) in [6.45, 7) is 0. The molecule has 0 spiro atoms. The second kappa shape index (κ2) is 8.45. The highest BCUT2D eigenvalue weighted by Gasteiger charge is 2.53. The molecule has 1 aromatic heterocycles. The van der Waals surface area contributed by atoms with Gasteiger partial charge in [-0.2, -0.15) is 8.42 Å². The summed E-state index contributed by atoms with van der Waals surface area (Å²) in [6, 6.07) is 27.0. The van der Waals surface area contributed by atoms with Crippen molar-refractivity contribution in [3.8, 4) is 0 Å². The van der Waals surface area contributed by atoms with Crippen molar-refractivity contribution in [1.82, 2.24) is 4.98 Å². The standard InChI is InChI=1S/C27H20N2O4S.CH4/c1-34(31,32)33-26-25(23-12-6-7-15-28-23)29(27(26)30)24-16-22-18-9-3-2-8-17(18)13-14-20(22)19-10-4-5-11-21(19)24;/h2-16,25-26H,1H3;1H4/t25?,26-;/m1./s1/i;1T. The van der Waals surface area contributed by atoms with Crippen molar-refractivity contribution < 1.29 is 18.8 Å². The maximum atomic E-state index is 13.4. The lowest BCUT2D eigenvalue weighted by Crippen LogP contribution is -2.61. The molecule has 176 valence electrons. The summed E-state index contributed by atoms with van der Waals surface area (Å²) in [4.78, 5) is 19.4. The first-order chi connectivity index (χ1) is 17.4. The van der Waals surface area contributed by atoms with Crippen LogP contribution in [0.5, 0.6) is 0 Å². The first kappa shape index (κ1) is 21.7.